The molecule has 22 heavy (non-hydrogen) atoms. The molecule has 3 fully saturated rings. The summed E-state index contributed by atoms with van der Waals surface area (Å²) in [5, 5.41) is 8.87. The summed E-state index contributed by atoms with van der Waals surface area (Å²) in [6, 6.07) is 0. The van der Waals surface area contributed by atoms with Gasteiger partial charge in [0, 0.05) is 31.5 Å². The van der Waals surface area contributed by atoms with Gasteiger partial charge in [-0.05, 0) is 44.7 Å². The van der Waals surface area contributed by atoms with Gasteiger partial charge in [-0.15, -0.1) is 0 Å². The highest BCUT2D eigenvalue weighted by Crippen LogP contribution is 2.72. The van der Waals surface area contributed by atoms with E-state index in [1.807, 2.05) is 0 Å². The zero-order valence-corrected chi connectivity index (χ0v) is 12.7. The summed E-state index contributed by atoms with van der Waals surface area (Å²) < 4.78 is 39.6. The molecule has 1 amide bonds. The summed E-state index contributed by atoms with van der Waals surface area (Å²) >= 11 is 0. The zero-order chi connectivity index (χ0) is 15.8. The van der Waals surface area contributed by atoms with Crippen LogP contribution in [0.3, 0.4) is 0 Å². The van der Waals surface area contributed by atoms with Crippen molar-refractivity contribution in [1.82, 2.24) is 16.0 Å². The molecule has 3 aliphatic rings. The number of rotatable bonds is 5. The summed E-state index contributed by atoms with van der Waals surface area (Å²) in [7, 11) is 0. The van der Waals surface area contributed by atoms with Crippen LogP contribution in [0.2, 0.25) is 0 Å². The van der Waals surface area contributed by atoms with E-state index in [1.54, 1.807) is 0 Å². The van der Waals surface area contributed by atoms with Gasteiger partial charge in [0.25, 0.3) is 0 Å². The number of alkyl halides is 3. The van der Waals surface area contributed by atoms with Gasteiger partial charge in [-0.2, -0.15) is 13.2 Å². The number of piperidine rings is 2. The van der Waals surface area contributed by atoms with Gasteiger partial charge in [0.05, 0.1) is 5.41 Å². The third-order valence-electron chi connectivity index (χ3n) is 5.83. The fourth-order valence-corrected chi connectivity index (χ4v) is 4.19. The molecule has 4 nitrogen and oxygen atoms in total. The van der Waals surface area contributed by atoms with Crippen LogP contribution >= 0.6 is 0 Å². The van der Waals surface area contributed by atoms with E-state index in [9.17, 15) is 18.0 Å². The highest BCUT2D eigenvalue weighted by Gasteiger charge is 2.81. The largest absolute Gasteiger partial charge is 0.396 e. The smallest absolute Gasteiger partial charge is 0.355 e. The van der Waals surface area contributed by atoms with Crippen molar-refractivity contribution in [3.63, 3.8) is 0 Å². The SMILES string of the molecule is O=C(CCC1CCNCC1)NC[C@]12CNC[C@@]1(C(F)(F)F)C2. The minimum Gasteiger partial charge on any atom is -0.355 e. The summed E-state index contributed by atoms with van der Waals surface area (Å²) in [6.45, 7) is 2.47. The predicted octanol–water partition coefficient (Wildman–Crippen LogP) is 1.42. The summed E-state index contributed by atoms with van der Waals surface area (Å²) in [4.78, 5) is 11.9. The van der Waals surface area contributed by atoms with E-state index >= 15 is 0 Å². The van der Waals surface area contributed by atoms with Gasteiger partial charge in [0.2, 0.25) is 5.91 Å². The lowest BCUT2D eigenvalue weighted by Gasteiger charge is -2.23. The van der Waals surface area contributed by atoms with E-state index in [0.29, 0.717) is 18.9 Å². The van der Waals surface area contributed by atoms with E-state index in [-0.39, 0.29) is 25.4 Å². The fourth-order valence-electron chi connectivity index (χ4n) is 4.19. The molecule has 3 rings (SSSR count). The normalized spacial score (nSPS) is 35.2. The lowest BCUT2D eigenvalue weighted by molar-refractivity contribution is -0.190. The molecular weight excluding hydrogens is 295 g/mol. The number of carbonyl (C=O) groups excluding carboxylic acids is 1. The number of fused-ring (bicyclic) bond motifs is 1. The monoisotopic (exact) mass is 319 g/mol. The van der Waals surface area contributed by atoms with Gasteiger partial charge < -0.3 is 16.0 Å². The molecule has 0 radical (unpaired) electrons. The molecule has 126 valence electrons. The molecule has 0 aromatic rings. The maximum Gasteiger partial charge on any atom is 0.396 e. The molecule has 2 heterocycles. The van der Waals surface area contributed by atoms with Crippen molar-refractivity contribution in [2.24, 2.45) is 16.7 Å². The Labute approximate surface area is 128 Å². The molecular formula is C15H24F3N3O. The Morgan fingerprint density at radius 1 is 1.18 bits per heavy atom. The first-order valence-electron chi connectivity index (χ1n) is 8.13. The first-order valence-corrected chi connectivity index (χ1v) is 8.13. The van der Waals surface area contributed by atoms with E-state index in [1.165, 1.54) is 0 Å². The van der Waals surface area contributed by atoms with Crippen LogP contribution in [-0.4, -0.2) is 44.8 Å². The average molecular weight is 319 g/mol. The third-order valence-corrected chi connectivity index (χ3v) is 5.83. The molecule has 1 saturated carbocycles. The highest BCUT2D eigenvalue weighted by molar-refractivity contribution is 5.76. The summed E-state index contributed by atoms with van der Waals surface area (Å²) in [5.41, 5.74) is -2.42. The highest BCUT2D eigenvalue weighted by atomic mass is 19.4. The minimum atomic E-state index is -4.18. The molecule has 3 N–H and O–H groups in total. The first kappa shape index (κ1) is 16.1. The van der Waals surface area contributed by atoms with Gasteiger partial charge >= 0.3 is 6.18 Å². The van der Waals surface area contributed by atoms with Crippen LogP contribution in [-0.2, 0) is 4.79 Å². The average Bonchev–Trinajstić information content (AvgIpc) is 3.01. The van der Waals surface area contributed by atoms with Crippen molar-refractivity contribution >= 4 is 5.91 Å². The van der Waals surface area contributed by atoms with E-state index < -0.39 is 17.0 Å². The van der Waals surface area contributed by atoms with Crippen molar-refractivity contribution < 1.29 is 18.0 Å². The van der Waals surface area contributed by atoms with Crippen LogP contribution in [0.15, 0.2) is 0 Å². The quantitative estimate of drug-likeness (QED) is 0.718. The number of nitrogens with one attached hydrogen (secondary N) is 3. The Kier molecular flexibility index (Phi) is 4.14. The van der Waals surface area contributed by atoms with Crippen molar-refractivity contribution in [3.05, 3.63) is 0 Å². The van der Waals surface area contributed by atoms with Crippen LogP contribution in [0, 0.1) is 16.7 Å². The van der Waals surface area contributed by atoms with Crippen molar-refractivity contribution in [2.45, 2.75) is 38.3 Å². The van der Waals surface area contributed by atoms with E-state index in [0.717, 1.165) is 32.4 Å². The molecule has 1 aliphatic carbocycles. The predicted molar refractivity (Wildman–Crippen MR) is 76.2 cm³/mol. The van der Waals surface area contributed by atoms with Crippen LogP contribution in [0.1, 0.15) is 32.1 Å². The van der Waals surface area contributed by atoms with Gasteiger partial charge in [0.15, 0.2) is 0 Å². The fraction of sp³-hybridized carbons (Fsp3) is 0.933. The Morgan fingerprint density at radius 3 is 2.55 bits per heavy atom. The lowest BCUT2D eigenvalue weighted by Crippen LogP contribution is -2.37. The number of carbonyl (C=O) groups is 1. The third kappa shape index (κ3) is 2.73. The van der Waals surface area contributed by atoms with E-state index in [4.69, 9.17) is 0 Å². The van der Waals surface area contributed by atoms with Crippen molar-refractivity contribution in [2.75, 3.05) is 32.7 Å². The lowest BCUT2D eigenvalue weighted by atomic mass is 9.93. The van der Waals surface area contributed by atoms with E-state index in [2.05, 4.69) is 16.0 Å². The molecule has 0 spiro atoms. The Morgan fingerprint density at radius 2 is 1.91 bits per heavy atom. The Hall–Kier alpha value is -0.820. The first-order chi connectivity index (χ1) is 10.4. The molecule has 7 heteroatoms. The topological polar surface area (TPSA) is 53.2 Å². The second-order valence-corrected chi connectivity index (χ2v) is 7.15. The van der Waals surface area contributed by atoms with Gasteiger partial charge in [-0.25, -0.2) is 0 Å². The van der Waals surface area contributed by atoms with Gasteiger partial charge in [0.1, 0.15) is 0 Å². The zero-order valence-electron chi connectivity index (χ0n) is 12.7. The second kappa shape index (κ2) is 5.67. The van der Waals surface area contributed by atoms with Crippen LogP contribution in [0.25, 0.3) is 0 Å². The standard InChI is InChI=1S/C15H24F3N3O/c16-15(17,18)14-7-13(14,8-20-10-14)9-21-12(22)2-1-11-3-5-19-6-4-11/h11,19-20H,1-10H2,(H,21,22)/t13-,14-/m0/s1. The molecule has 2 atom stereocenters. The number of hydrogen-bond acceptors (Lipinski definition) is 3. The Balaban J connectivity index is 1.44. The number of amides is 1. The maximum absolute atomic E-state index is 13.2. The van der Waals surface area contributed by atoms with Crippen molar-refractivity contribution in [1.29, 1.82) is 0 Å². The number of hydrogen-bond donors (Lipinski definition) is 3. The Bertz CT molecular complexity index is 436. The van der Waals surface area contributed by atoms with Gasteiger partial charge in [-0.1, -0.05) is 0 Å². The molecule has 0 aromatic heterocycles. The molecule has 0 unspecified atom stereocenters. The molecule has 2 aliphatic heterocycles. The van der Waals surface area contributed by atoms with Crippen LogP contribution < -0.4 is 16.0 Å². The minimum absolute atomic E-state index is 0.0125. The van der Waals surface area contributed by atoms with Crippen molar-refractivity contribution in [3.8, 4) is 0 Å². The van der Waals surface area contributed by atoms with Gasteiger partial charge in [-0.3, -0.25) is 4.79 Å². The van der Waals surface area contributed by atoms with Crippen LogP contribution in [0.5, 0.6) is 0 Å². The molecule has 0 bridgehead atoms. The molecule has 2 saturated heterocycles. The number of halogens is 3. The maximum atomic E-state index is 13.2. The van der Waals surface area contributed by atoms with Crippen LogP contribution in [0.4, 0.5) is 13.2 Å². The second-order valence-electron chi connectivity index (χ2n) is 7.15. The summed E-state index contributed by atoms with van der Waals surface area (Å²) in [5.74, 6) is 0.455. The summed E-state index contributed by atoms with van der Waals surface area (Å²) in [6.07, 6.45) is -0.617. The molecule has 0 aromatic carbocycles.